The van der Waals surface area contributed by atoms with Crippen LogP contribution in [0.4, 0.5) is 23.1 Å². The standard InChI is InChI=1S/C33H34N6/c1-20(2)22-16-26(30-27(17-22)31(39-38-30)34-24-11-7-6-8-12-24)21-14-15-28-29(18-21)37-32(36-28)35-25-13-9-10-23(19-25)33(3,4)5/h6-20H,1-5H3,(H2,34,38,39)(H2,35,36,37). The minimum atomic E-state index is 0.0828. The highest BCUT2D eigenvalue weighted by molar-refractivity contribution is 6.02. The summed E-state index contributed by atoms with van der Waals surface area (Å²) < 4.78 is 0. The van der Waals surface area contributed by atoms with E-state index in [4.69, 9.17) is 4.98 Å². The number of aromatic amines is 2. The zero-order chi connectivity index (χ0) is 27.1. The summed E-state index contributed by atoms with van der Waals surface area (Å²) in [6, 6.07) is 29.5. The quantitative estimate of drug-likeness (QED) is 0.179. The lowest BCUT2D eigenvalue weighted by Gasteiger charge is -2.19. The van der Waals surface area contributed by atoms with Gasteiger partial charge in [-0.3, -0.25) is 5.10 Å². The molecule has 39 heavy (non-hydrogen) atoms. The maximum absolute atomic E-state index is 4.80. The van der Waals surface area contributed by atoms with Crippen molar-refractivity contribution in [3.63, 3.8) is 0 Å². The van der Waals surface area contributed by atoms with Gasteiger partial charge in [-0.05, 0) is 76.6 Å². The number of aromatic nitrogens is 4. The van der Waals surface area contributed by atoms with Gasteiger partial charge in [-0.15, -0.1) is 0 Å². The molecule has 6 heteroatoms. The molecule has 6 aromatic rings. The summed E-state index contributed by atoms with van der Waals surface area (Å²) in [5.74, 6) is 1.93. The lowest BCUT2D eigenvalue weighted by molar-refractivity contribution is 0.590. The fourth-order valence-corrected chi connectivity index (χ4v) is 4.89. The average molecular weight is 515 g/mol. The Morgan fingerprint density at radius 3 is 2.36 bits per heavy atom. The second kappa shape index (κ2) is 9.62. The van der Waals surface area contributed by atoms with Gasteiger partial charge >= 0.3 is 0 Å². The summed E-state index contributed by atoms with van der Waals surface area (Å²) >= 11 is 0. The molecule has 2 aromatic heterocycles. The number of fused-ring (bicyclic) bond motifs is 2. The summed E-state index contributed by atoms with van der Waals surface area (Å²) in [4.78, 5) is 8.27. The van der Waals surface area contributed by atoms with Crippen molar-refractivity contribution in [1.29, 1.82) is 0 Å². The van der Waals surface area contributed by atoms with Gasteiger partial charge in [0.1, 0.15) is 0 Å². The van der Waals surface area contributed by atoms with Gasteiger partial charge in [-0.25, -0.2) is 4.98 Å². The highest BCUT2D eigenvalue weighted by atomic mass is 15.2. The van der Waals surface area contributed by atoms with Gasteiger partial charge in [0.2, 0.25) is 5.95 Å². The number of hydrogen-bond donors (Lipinski definition) is 4. The third-order valence-corrected chi connectivity index (χ3v) is 7.18. The molecular weight excluding hydrogens is 480 g/mol. The molecule has 4 N–H and O–H groups in total. The molecule has 2 heterocycles. The topological polar surface area (TPSA) is 81.4 Å². The Morgan fingerprint density at radius 1 is 0.795 bits per heavy atom. The molecule has 0 bridgehead atoms. The first-order chi connectivity index (χ1) is 18.7. The number of benzene rings is 4. The normalized spacial score (nSPS) is 11.9. The number of anilines is 4. The van der Waals surface area contributed by atoms with Crippen molar-refractivity contribution >= 4 is 45.1 Å². The van der Waals surface area contributed by atoms with Gasteiger partial charge in [0.25, 0.3) is 0 Å². The van der Waals surface area contributed by atoms with E-state index in [1.165, 1.54) is 11.1 Å². The fraction of sp³-hybridized carbons (Fsp3) is 0.212. The van der Waals surface area contributed by atoms with Crippen LogP contribution >= 0.6 is 0 Å². The minimum Gasteiger partial charge on any atom is -0.338 e. The van der Waals surface area contributed by atoms with Crippen LogP contribution < -0.4 is 10.6 Å². The van der Waals surface area contributed by atoms with Crippen molar-refractivity contribution in [1.82, 2.24) is 20.2 Å². The molecule has 196 valence electrons. The Bertz CT molecular complexity index is 1770. The van der Waals surface area contributed by atoms with Crippen molar-refractivity contribution < 1.29 is 0 Å². The summed E-state index contributed by atoms with van der Waals surface area (Å²) in [6.07, 6.45) is 0. The Kier molecular flexibility index (Phi) is 6.10. The highest BCUT2D eigenvalue weighted by Gasteiger charge is 2.17. The Hall–Kier alpha value is -4.58. The van der Waals surface area contributed by atoms with Crippen LogP contribution in [0.5, 0.6) is 0 Å². The van der Waals surface area contributed by atoms with Crippen molar-refractivity contribution in [3.05, 3.63) is 96.1 Å². The molecule has 0 amide bonds. The van der Waals surface area contributed by atoms with Crippen molar-refractivity contribution in [3.8, 4) is 11.1 Å². The van der Waals surface area contributed by atoms with Crippen LogP contribution in [0, 0.1) is 0 Å². The first-order valence-electron chi connectivity index (χ1n) is 13.5. The van der Waals surface area contributed by atoms with Crippen LogP contribution in [0.25, 0.3) is 33.1 Å². The molecule has 0 atom stereocenters. The molecule has 0 saturated carbocycles. The summed E-state index contributed by atoms with van der Waals surface area (Å²) in [6.45, 7) is 11.1. The first kappa shape index (κ1) is 24.7. The lowest BCUT2D eigenvalue weighted by Crippen LogP contribution is -2.11. The number of nitrogens with zero attached hydrogens (tertiary/aromatic N) is 2. The van der Waals surface area contributed by atoms with E-state index in [0.29, 0.717) is 5.92 Å². The summed E-state index contributed by atoms with van der Waals surface area (Å²) in [7, 11) is 0. The average Bonchev–Trinajstić information content (AvgIpc) is 3.51. The molecule has 0 aliphatic carbocycles. The third-order valence-electron chi connectivity index (χ3n) is 7.18. The highest BCUT2D eigenvalue weighted by Crippen LogP contribution is 2.36. The van der Waals surface area contributed by atoms with Crippen molar-refractivity contribution in [2.75, 3.05) is 10.6 Å². The van der Waals surface area contributed by atoms with Crippen LogP contribution in [-0.4, -0.2) is 20.2 Å². The van der Waals surface area contributed by atoms with Gasteiger partial charge < -0.3 is 15.6 Å². The van der Waals surface area contributed by atoms with E-state index in [-0.39, 0.29) is 5.41 Å². The zero-order valence-corrected chi connectivity index (χ0v) is 23.1. The van der Waals surface area contributed by atoms with Gasteiger partial charge in [-0.2, -0.15) is 5.10 Å². The third kappa shape index (κ3) is 4.98. The van der Waals surface area contributed by atoms with E-state index in [0.717, 1.165) is 56.2 Å². The maximum Gasteiger partial charge on any atom is 0.205 e. The molecule has 4 aromatic carbocycles. The predicted octanol–water partition coefficient (Wildman–Crippen LogP) is 9.01. The lowest BCUT2D eigenvalue weighted by atomic mass is 9.87. The van der Waals surface area contributed by atoms with E-state index in [2.05, 4.69) is 115 Å². The van der Waals surface area contributed by atoms with Gasteiger partial charge in [-0.1, -0.05) is 71.0 Å². The molecule has 0 aliphatic heterocycles. The van der Waals surface area contributed by atoms with E-state index in [1.807, 2.05) is 30.3 Å². The zero-order valence-electron chi connectivity index (χ0n) is 23.1. The Balaban J connectivity index is 1.37. The van der Waals surface area contributed by atoms with Crippen LogP contribution in [0.15, 0.2) is 84.9 Å². The molecular formula is C33H34N6. The van der Waals surface area contributed by atoms with Crippen molar-refractivity contribution in [2.24, 2.45) is 0 Å². The van der Waals surface area contributed by atoms with E-state index >= 15 is 0 Å². The van der Waals surface area contributed by atoms with Crippen LogP contribution in [0.2, 0.25) is 0 Å². The monoisotopic (exact) mass is 514 g/mol. The van der Waals surface area contributed by atoms with Crippen LogP contribution in [0.3, 0.4) is 0 Å². The molecule has 6 nitrogen and oxygen atoms in total. The van der Waals surface area contributed by atoms with Crippen molar-refractivity contribution in [2.45, 2.75) is 46.0 Å². The smallest absolute Gasteiger partial charge is 0.205 e. The van der Waals surface area contributed by atoms with Gasteiger partial charge in [0.05, 0.1) is 16.6 Å². The number of hydrogen-bond acceptors (Lipinski definition) is 4. The maximum atomic E-state index is 4.80. The number of rotatable bonds is 6. The molecule has 0 aliphatic rings. The summed E-state index contributed by atoms with van der Waals surface area (Å²) in [5, 5.41) is 15.9. The molecule has 0 fully saturated rings. The van der Waals surface area contributed by atoms with Crippen LogP contribution in [-0.2, 0) is 5.41 Å². The molecule has 0 spiro atoms. The first-order valence-corrected chi connectivity index (χ1v) is 13.5. The second-order valence-corrected chi connectivity index (χ2v) is 11.5. The largest absolute Gasteiger partial charge is 0.338 e. The molecule has 0 saturated heterocycles. The fourth-order valence-electron chi connectivity index (χ4n) is 4.89. The van der Waals surface area contributed by atoms with Gasteiger partial charge in [0, 0.05) is 22.3 Å². The minimum absolute atomic E-state index is 0.0828. The molecule has 0 unspecified atom stereocenters. The molecule has 6 rings (SSSR count). The Morgan fingerprint density at radius 2 is 1.59 bits per heavy atom. The van der Waals surface area contributed by atoms with E-state index in [9.17, 15) is 0 Å². The second-order valence-electron chi connectivity index (χ2n) is 11.5. The Labute approximate surface area is 228 Å². The van der Waals surface area contributed by atoms with E-state index < -0.39 is 0 Å². The number of nitrogens with one attached hydrogen (secondary N) is 4. The molecule has 0 radical (unpaired) electrons. The number of para-hydroxylation sites is 1. The predicted molar refractivity (Wildman–Crippen MR) is 163 cm³/mol. The SMILES string of the molecule is CC(C)c1cc(-c2ccc3nc(Nc4cccc(C(C)(C)C)c4)[nH]c3c2)c2[nH]nc(Nc3ccccc3)c2c1. The summed E-state index contributed by atoms with van der Waals surface area (Å²) in [5.41, 5.74) is 9.78. The van der Waals surface area contributed by atoms with E-state index in [1.54, 1.807) is 0 Å². The number of H-pyrrole nitrogens is 2. The van der Waals surface area contributed by atoms with Gasteiger partial charge in [0.15, 0.2) is 5.82 Å². The van der Waals surface area contributed by atoms with Crippen LogP contribution in [0.1, 0.15) is 51.7 Å². The number of imidazole rings is 1.